The summed E-state index contributed by atoms with van der Waals surface area (Å²) in [4.78, 5) is 0. The Bertz CT molecular complexity index is 447. The molecule has 0 aliphatic rings. The van der Waals surface area contributed by atoms with Crippen molar-refractivity contribution in [3.63, 3.8) is 0 Å². The Kier molecular flexibility index (Phi) is 2.84. The van der Waals surface area contributed by atoms with Crippen LogP contribution in [0.3, 0.4) is 0 Å². The summed E-state index contributed by atoms with van der Waals surface area (Å²) in [6.45, 7) is 0. The fourth-order valence-electron chi connectivity index (χ4n) is 1.29. The van der Waals surface area contributed by atoms with E-state index in [2.05, 4.69) is 25.3 Å². The summed E-state index contributed by atoms with van der Waals surface area (Å²) in [7, 11) is 5.82. The van der Waals surface area contributed by atoms with Crippen LogP contribution in [0.4, 0.5) is 0 Å². The topological polar surface area (TPSA) is 17.6 Å². The van der Waals surface area contributed by atoms with Gasteiger partial charge in [-0.1, -0.05) is 25.3 Å². The first kappa shape index (κ1) is 10.7. The molecule has 2 aromatic rings. The Balaban J connectivity index is 2.29. The van der Waals surface area contributed by atoms with Gasteiger partial charge in [-0.3, -0.25) is 0 Å². The highest BCUT2D eigenvalue weighted by Gasteiger charge is 2.08. The van der Waals surface area contributed by atoms with Crippen molar-refractivity contribution < 1.29 is 8.96 Å². The summed E-state index contributed by atoms with van der Waals surface area (Å²) in [5.41, 5.74) is 0. The summed E-state index contributed by atoms with van der Waals surface area (Å²) in [5, 5.41) is 1.72. The van der Waals surface area contributed by atoms with E-state index in [0.717, 1.165) is 10.3 Å². The summed E-state index contributed by atoms with van der Waals surface area (Å²) < 4.78 is 7.70. The van der Waals surface area contributed by atoms with Crippen LogP contribution in [0.15, 0.2) is 35.1 Å². The number of aromatic nitrogens is 4. The Morgan fingerprint density at radius 1 is 1.00 bits per heavy atom. The molecular weight excluding hydrogens is 227 g/mol. The van der Waals surface area contributed by atoms with Gasteiger partial charge in [-0.2, -0.15) is 0 Å². The molecule has 78 valence electrons. The predicted molar refractivity (Wildman–Crippen MR) is 62.3 cm³/mol. The molecule has 0 amide bonds. The van der Waals surface area contributed by atoms with Crippen LogP contribution in [-0.4, -0.2) is 16.7 Å². The minimum Gasteiger partial charge on any atom is -0.429 e. The van der Waals surface area contributed by atoms with Crippen LogP contribution in [0.5, 0.6) is 0 Å². The average Bonchev–Trinajstić information content (AvgIpc) is 2.68. The van der Waals surface area contributed by atoms with Crippen LogP contribution in [-0.2, 0) is 14.1 Å². The van der Waals surface area contributed by atoms with E-state index in [1.54, 1.807) is 0 Å². The first-order chi connectivity index (χ1) is 7.09. The van der Waals surface area contributed by atoms with Gasteiger partial charge in [0.1, 0.15) is 12.4 Å². The molecule has 0 bridgehead atoms. The summed E-state index contributed by atoms with van der Waals surface area (Å²) >= 11 is 8.77. The van der Waals surface area contributed by atoms with Gasteiger partial charge in [-0.25, -0.2) is 9.13 Å². The van der Waals surface area contributed by atoms with Gasteiger partial charge in [0.2, 0.25) is 7.55 Å². The van der Waals surface area contributed by atoms with Crippen molar-refractivity contribution in [2.24, 2.45) is 14.1 Å². The highest BCUT2D eigenvalue weighted by Crippen LogP contribution is 1.97. The molecule has 0 atom stereocenters. The lowest BCUT2D eigenvalue weighted by Crippen LogP contribution is -2.59. The first-order valence-electron chi connectivity index (χ1n) is 4.45. The fraction of sp³-hybridized carbons (Fsp3) is 0.250. The van der Waals surface area contributed by atoms with Crippen LogP contribution >= 0.6 is 25.3 Å². The zero-order chi connectivity index (χ0) is 11.0. The van der Waals surface area contributed by atoms with Crippen LogP contribution < -0.4 is 8.96 Å². The molecular formula is C8H12BN4S2+. The summed E-state index contributed by atoms with van der Waals surface area (Å²) in [6, 6.07) is 0. The lowest BCUT2D eigenvalue weighted by Gasteiger charge is -2.08. The van der Waals surface area contributed by atoms with Gasteiger partial charge in [-0.05, 0) is 0 Å². The molecule has 0 fully saturated rings. The first-order valence-corrected chi connectivity index (χ1v) is 5.35. The highest BCUT2D eigenvalue weighted by molar-refractivity contribution is 7.80. The second-order valence-corrected chi connectivity index (χ2v) is 4.15. The third kappa shape index (κ3) is 1.94. The molecule has 0 aromatic carbocycles. The van der Waals surface area contributed by atoms with Gasteiger partial charge in [0, 0.05) is 0 Å². The Morgan fingerprint density at radius 2 is 1.40 bits per heavy atom. The maximum atomic E-state index is 4.38. The molecule has 0 N–H and O–H groups in total. The SMILES string of the molecule is Cn1cc[n+]([B-][n+]2ccn(C)c2S)c1S. The van der Waals surface area contributed by atoms with Crippen molar-refractivity contribution in [2.75, 3.05) is 0 Å². The van der Waals surface area contributed by atoms with Crippen molar-refractivity contribution in [3.8, 4) is 0 Å². The molecule has 0 spiro atoms. The van der Waals surface area contributed by atoms with E-state index in [9.17, 15) is 0 Å². The Morgan fingerprint density at radius 3 is 1.67 bits per heavy atom. The zero-order valence-corrected chi connectivity index (χ0v) is 10.4. The Labute approximate surface area is 100 Å². The molecule has 0 aliphatic heterocycles. The van der Waals surface area contributed by atoms with Gasteiger partial charge >= 0.3 is 0 Å². The molecule has 7 heteroatoms. The Hall–Kier alpha value is -0.815. The molecule has 2 heterocycles. The van der Waals surface area contributed by atoms with Gasteiger partial charge in [0.15, 0.2) is 0 Å². The highest BCUT2D eigenvalue weighted by atomic mass is 32.1. The molecule has 0 aliphatic carbocycles. The van der Waals surface area contributed by atoms with Crippen molar-refractivity contribution in [1.82, 2.24) is 9.13 Å². The van der Waals surface area contributed by atoms with Crippen LogP contribution in [0.1, 0.15) is 0 Å². The lowest BCUT2D eigenvalue weighted by atomic mass is 10.2. The number of imidazole rings is 2. The number of rotatable bonds is 2. The second-order valence-electron chi connectivity index (χ2n) is 3.35. The van der Waals surface area contributed by atoms with E-state index in [1.807, 2.05) is 64.5 Å². The van der Waals surface area contributed by atoms with Crippen LogP contribution in [0.2, 0.25) is 0 Å². The van der Waals surface area contributed by atoms with E-state index < -0.39 is 0 Å². The standard InChI is InChI=1S/C8H10BN4S2/c1-10-3-5-12(7(10)14)9-13-6-4-11(2)8(13)15/h3-6H,1-2H3/q-1/p+2. The van der Waals surface area contributed by atoms with Crippen molar-refractivity contribution in [3.05, 3.63) is 24.8 Å². The molecule has 0 saturated heterocycles. The zero-order valence-electron chi connectivity index (χ0n) is 8.57. The van der Waals surface area contributed by atoms with E-state index in [1.165, 1.54) is 0 Å². The van der Waals surface area contributed by atoms with E-state index in [4.69, 9.17) is 0 Å². The number of aryl methyl sites for hydroxylation is 2. The van der Waals surface area contributed by atoms with Crippen LogP contribution in [0.25, 0.3) is 0 Å². The quantitative estimate of drug-likeness (QED) is 0.517. The molecule has 0 unspecified atom stereocenters. The van der Waals surface area contributed by atoms with E-state index >= 15 is 0 Å². The van der Waals surface area contributed by atoms with Crippen molar-refractivity contribution >= 4 is 32.8 Å². The molecule has 0 saturated carbocycles. The summed E-state index contributed by atoms with van der Waals surface area (Å²) in [5.74, 6) is 0. The largest absolute Gasteiger partial charge is 0.429 e. The van der Waals surface area contributed by atoms with Gasteiger partial charge < -0.3 is 8.96 Å². The van der Waals surface area contributed by atoms with Crippen molar-refractivity contribution in [1.29, 1.82) is 0 Å². The molecule has 2 rings (SSSR count). The molecule has 2 aromatic heterocycles. The average molecular weight is 239 g/mol. The molecule has 15 heavy (non-hydrogen) atoms. The monoisotopic (exact) mass is 239 g/mol. The molecule has 4 nitrogen and oxygen atoms in total. The minimum atomic E-state index is 0.860. The predicted octanol–water partition coefficient (Wildman–Crippen LogP) is -0.553. The third-order valence-corrected chi connectivity index (χ3v) is 3.34. The second kappa shape index (κ2) is 3.98. The van der Waals surface area contributed by atoms with E-state index in [0.29, 0.717) is 0 Å². The number of hydrogen-bond donors (Lipinski definition) is 2. The lowest BCUT2D eigenvalue weighted by molar-refractivity contribution is -0.699. The fourth-order valence-corrected chi connectivity index (χ4v) is 1.66. The molecule has 2 radical (unpaired) electrons. The van der Waals surface area contributed by atoms with Crippen LogP contribution in [0, 0.1) is 0 Å². The maximum absolute atomic E-state index is 4.38. The maximum Gasteiger partial charge on any atom is 0.266 e. The smallest absolute Gasteiger partial charge is 0.266 e. The van der Waals surface area contributed by atoms with Gasteiger partial charge in [0.25, 0.3) is 10.3 Å². The minimum absolute atomic E-state index is 0.860. The summed E-state index contributed by atoms with van der Waals surface area (Å²) in [6.07, 6.45) is 7.77. The number of thiol groups is 2. The normalized spacial score (nSPS) is 10.9. The van der Waals surface area contributed by atoms with Gasteiger partial charge in [0.05, 0.1) is 26.5 Å². The van der Waals surface area contributed by atoms with E-state index in [-0.39, 0.29) is 0 Å². The number of hydrogen-bond acceptors (Lipinski definition) is 2. The third-order valence-electron chi connectivity index (χ3n) is 2.24. The van der Waals surface area contributed by atoms with Gasteiger partial charge in [-0.15, -0.1) is 0 Å². The number of nitrogens with zero attached hydrogens (tertiary/aromatic N) is 4. The van der Waals surface area contributed by atoms with Crippen molar-refractivity contribution in [2.45, 2.75) is 10.3 Å².